The molecule has 2 aliphatic heterocycles. The molecule has 2 aliphatic rings. The molecule has 2 fully saturated rings. The summed E-state index contributed by atoms with van der Waals surface area (Å²) < 4.78 is 37.1. The van der Waals surface area contributed by atoms with Crippen molar-refractivity contribution in [1.29, 1.82) is 10.5 Å². The number of nitrogens with two attached hydrogens (primary N) is 2. The van der Waals surface area contributed by atoms with Crippen molar-refractivity contribution in [3.05, 3.63) is 131 Å². The normalized spacial score (nSPS) is 14.2. The van der Waals surface area contributed by atoms with E-state index in [1.54, 1.807) is 24.5 Å². The second-order valence-corrected chi connectivity index (χ2v) is 18.7. The van der Waals surface area contributed by atoms with E-state index in [2.05, 4.69) is 70.6 Å². The summed E-state index contributed by atoms with van der Waals surface area (Å²) in [6, 6.07) is 31.9. The number of furan rings is 2. The highest BCUT2D eigenvalue weighted by Crippen LogP contribution is 2.28. The van der Waals surface area contributed by atoms with Gasteiger partial charge in [-0.2, -0.15) is 18.9 Å². The first-order chi connectivity index (χ1) is 33.3. The number of nitrogens with zero attached hydrogens (tertiary/aromatic N) is 5. The molecule has 356 valence electrons. The zero-order chi connectivity index (χ0) is 48.5. The molecule has 0 atom stereocenters. The van der Waals surface area contributed by atoms with Gasteiger partial charge in [-0.3, -0.25) is 18.7 Å². The predicted molar refractivity (Wildman–Crippen MR) is 267 cm³/mol. The van der Waals surface area contributed by atoms with Crippen molar-refractivity contribution in [2.45, 2.75) is 25.7 Å². The van der Waals surface area contributed by atoms with Crippen LogP contribution in [0, 0.1) is 22.7 Å². The third-order valence-electron chi connectivity index (χ3n) is 12.3. The van der Waals surface area contributed by atoms with Crippen LogP contribution in [0.1, 0.15) is 56.2 Å². The minimum atomic E-state index is -3.36. The molecular weight excluding hydrogens is 897 g/mol. The van der Waals surface area contributed by atoms with Crippen LogP contribution in [0.2, 0.25) is 0 Å². The van der Waals surface area contributed by atoms with Gasteiger partial charge in [0.05, 0.1) is 24.0 Å². The van der Waals surface area contributed by atoms with Crippen LogP contribution in [0.25, 0.3) is 43.7 Å². The van der Waals surface area contributed by atoms with Crippen LogP contribution < -0.4 is 26.6 Å². The number of primary amides is 2. The SMILES string of the molecule is CS(=O)(=O)OCCCc1ccc2[nH]cc(C#N)c2c1.N#Cc1c[nH]c2ccc(CCCN3CCN(c4ccc5oc(C(N)=O)cc5c4)CC3)cc12.NC(=O)c1cc2cc(N3CCNCC3)ccc2o1. The van der Waals surface area contributed by atoms with E-state index in [4.69, 9.17) is 25.6 Å². The number of aromatic nitrogens is 2. The van der Waals surface area contributed by atoms with Crippen molar-refractivity contribution in [3.63, 3.8) is 0 Å². The lowest BCUT2D eigenvalue weighted by atomic mass is 10.1. The van der Waals surface area contributed by atoms with Gasteiger partial charge in [0, 0.05) is 109 Å². The number of amides is 2. The molecule has 0 spiro atoms. The summed E-state index contributed by atoms with van der Waals surface area (Å²) in [5.74, 6) is -0.672. The number of carbonyl (C=O) groups excluding carboxylic acids is 2. The number of nitriles is 2. The highest BCUT2D eigenvalue weighted by atomic mass is 32.2. The van der Waals surface area contributed by atoms with Crippen LogP contribution in [0.4, 0.5) is 11.4 Å². The predicted octanol–water partition coefficient (Wildman–Crippen LogP) is 6.53. The van der Waals surface area contributed by atoms with E-state index in [1.807, 2.05) is 48.5 Å². The Morgan fingerprint density at radius 3 is 1.64 bits per heavy atom. The summed E-state index contributed by atoms with van der Waals surface area (Å²) in [6.07, 6.45) is 7.92. The van der Waals surface area contributed by atoms with Gasteiger partial charge >= 0.3 is 0 Å². The Kier molecular flexibility index (Phi) is 15.0. The average molecular weight is 951 g/mol. The lowest BCUT2D eigenvalue weighted by Gasteiger charge is -2.36. The maximum Gasteiger partial charge on any atom is 0.284 e. The number of fused-ring (bicyclic) bond motifs is 4. The summed E-state index contributed by atoms with van der Waals surface area (Å²) >= 11 is 0. The van der Waals surface area contributed by atoms with Gasteiger partial charge in [0.15, 0.2) is 11.5 Å². The van der Waals surface area contributed by atoms with E-state index in [1.165, 1.54) is 5.56 Å². The number of hydrogen-bond donors (Lipinski definition) is 5. The molecule has 4 aromatic carbocycles. The number of aryl methyl sites for hydroxylation is 2. The van der Waals surface area contributed by atoms with Gasteiger partial charge in [-0.05, 0) is 116 Å². The van der Waals surface area contributed by atoms with Crippen LogP contribution in [0.15, 0.2) is 106 Å². The van der Waals surface area contributed by atoms with E-state index in [0.29, 0.717) is 35.1 Å². The van der Waals surface area contributed by atoms with Crippen molar-refractivity contribution >= 4 is 77.1 Å². The van der Waals surface area contributed by atoms with Crippen LogP contribution in [0.3, 0.4) is 0 Å². The second-order valence-electron chi connectivity index (χ2n) is 17.1. The zero-order valence-corrected chi connectivity index (χ0v) is 39.1. The van der Waals surface area contributed by atoms with Crippen molar-refractivity contribution < 1.29 is 31.0 Å². The Morgan fingerprint density at radius 1 is 0.667 bits per heavy atom. The number of aromatic amines is 2. The molecule has 17 nitrogen and oxygen atoms in total. The average Bonchev–Trinajstić information content (AvgIpc) is 4.18. The van der Waals surface area contributed by atoms with Gasteiger partial charge < -0.3 is 45.4 Å². The van der Waals surface area contributed by atoms with Crippen molar-refractivity contribution in [2.75, 3.05) is 81.6 Å². The molecule has 69 heavy (non-hydrogen) atoms. The molecule has 7 N–H and O–H groups in total. The highest BCUT2D eigenvalue weighted by Gasteiger charge is 2.19. The molecule has 0 unspecified atom stereocenters. The second kappa shape index (κ2) is 21.6. The van der Waals surface area contributed by atoms with Gasteiger partial charge in [-0.25, -0.2) is 0 Å². The first-order valence-corrected chi connectivity index (χ1v) is 24.6. The van der Waals surface area contributed by atoms with Gasteiger partial charge in [-0.15, -0.1) is 0 Å². The molecular formula is C51H54N10O7S. The number of H-pyrrole nitrogens is 2. The maximum absolute atomic E-state index is 11.3. The Hall–Kier alpha value is -7.61. The van der Waals surface area contributed by atoms with Gasteiger partial charge in [0.1, 0.15) is 23.3 Å². The highest BCUT2D eigenvalue weighted by molar-refractivity contribution is 7.85. The molecule has 10 rings (SSSR count). The zero-order valence-electron chi connectivity index (χ0n) is 38.3. The van der Waals surface area contributed by atoms with Crippen molar-refractivity contribution in [3.8, 4) is 12.1 Å². The Balaban J connectivity index is 0.000000149. The fraction of sp³-hybridized carbons (Fsp3) is 0.294. The smallest absolute Gasteiger partial charge is 0.284 e. The fourth-order valence-electron chi connectivity index (χ4n) is 8.68. The van der Waals surface area contributed by atoms with Gasteiger partial charge in [0.2, 0.25) is 0 Å². The molecule has 0 radical (unpaired) electrons. The number of anilines is 2. The lowest BCUT2D eigenvalue weighted by Crippen LogP contribution is -2.46. The van der Waals surface area contributed by atoms with Crippen molar-refractivity contribution in [2.24, 2.45) is 11.5 Å². The lowest BCUT2D eigenvalue weighted by molar-refractivity contribution is 0.0968. The number of piperazine rings is 2. The topological polar surface area (TPSA) is 257 Å². The Morgan fingerprint density at radius 2 is 1.16 bits per heavy atom. The summed E-state index contributed by atoms with van der Waals surface area (Å²) in [7, 11) is -3.36. The summed E-state index contributed by atoms with van der Waals surface area (Å²) in [5, 5.41) is 25.2. The van der Waals surface area contributed by atoms with Gasteiger partial charge in [-0.1, -0.05) is 12.1 Å². The molecule has 0 bridgehead atoms. The number of nitrogens with one attached hydrogen (secondary N) is 3. The molecule has 2 amide bonds. The minimum Gasteiger partial charge on any atom is -0.451 e. The standard InChI is InChI=1S/C25H25N5O2.C13H15N3O2.C13H14N2O3S/c26-15-19-16-28-22-5-3-17(12-21(19)22)2-1-7-29-8-10-30(11-9-29)20-4-6-23-18(13-20)14-24(32-23)25(27)31;14-13(17)12-8-9-7-10(1-2-11(9)18-12)16-5-3-15-4-6-16;1-19(16,17)18-6-2-3-10-4-5-13-12(7-10)11(8-14)9-15-13/h3-6,12-14,16,28H,1-2,7-11H2,(H2,27,31);1-2,7-8,15H,3-6H2,(H2,14,17);4-5,7,9,15H,2-3,6H2,1H3. The number of rotatable bonds is 13. The van der Waals surface area contributed by atoms with Crippen LogP contribution in [0.5, 0.6) is 0 Å². The monoisotopic (exact) mass is 950 g/mol. The molecule has 8 aromatic rings. The Bertz CT molecular complexity index is 3310. The molecule has 18 heteroatoms. The molecule has 4 aromatic heterocycles. The summed E-state index contributed by atoms with van der Waals surface area (Å²) in [6.45, 7) is 9.18. The first kappa shape index (κ1) is 47.9. The van der Waals surface area contributed by atoms with E-state index in [0.717, 1.165) is 128 Å². The van der Waals surface area contributed by atoms with E-state index < -0.39 is 21.9 Å². The first-order valence-electron chi connectivity index (χ1n) is 22.8. The van der Waals surface area contributed by atoms with E-state index in [-0.39, 0.29) is 18.1 Å². The van der Waals surface area contributed by atoms with Crippen LogP contribution in [-0.4, -0.2) is 107 Å². The van der Waals surface area contributed by atoms with E-state index in [9.17, 15) is 23.3 Å². The third kappa shape index (κ3) is 12.1. The summed E-state index contributed by atoms with van der Waals surface area (Å²) in [4.78, 5) is 35.8. The molecule has 0 saturated carbocycles. The largest absolute Gasteiger partial charge is 0.451 e. The number of benzene rings is 4. The Labute approximate surface area is 399 Å². The van der Waals surface area contributed by atoms with Crippen LogP contribution >= 0.6 is 0 Å². The van der Waals surface area contributed by atoms with E-state index >= 15 is 0 Å². The quantitative estimate of drug-likeness (QED) is 0.0609. The summed E-state index contributed by atoms with van der Waals surface area (Å²) in [5.41, 5.74) is 19.8. The molecule has 2 saturated heterocycles. The third-order valence-corrected chi connectivity index (χ3v) is 12.9. The number of hydrogen-bond acceptors (Lipinski definition) is 13. The fourth-order valence-corrected chi connectivity index (χ4v) is 9.10. The molecule has 6 heterocycles. The van der Waals surface area contributed by atoms with Crippen LogP contribution in [-0.2, 0) is 27.1 Å². The minimum absolute atomic E-state index is 0.176. The molecule has 0 aliphatic carbocycles. The number of carbonyl (C=O) groups is 2. The van der Waals surface area contributed by atoms with Gasteiger partial charge in [0.25, 0.3) is 21.9 Å². The maximum atomic E-state index is 11.3. The van der Waals surface area contributed by atoms with Crippen molar-refractivity contribution in [1.82, 2.24) is 20.2 Å².